The van der Waals surface area contributed by atoms with Crippen LogP contribution in [-0.4, -0.2) is 0 Å². The summed E-state index contributed by atoms with van der Waals surface area (Å²) in [5.41, 5.74) is 15.2. The summed E-state index contributed by atoms with van der Waals surface area (Å²) in [4.78, 5) is 2.51. The standard InChI is InChI=1S/C57H39NO/c1-57(2)50-24-9-7-18-44(50)47-23-12-25-51(56(47)57)58(52-35-39-14-3-4-16-41(39)42-17-5-6-19-45(42)52)40-32-30-36(31-33-40)38-29-28-37-15-11-21-43(49(37)34-38)46-22-13-27-54-55(46)48-20-8-10-26-53(48)59-54/h3-35H,1-2H3. The molecule has 0 N–H and O–H groups in total. The fraction of sp³-hybridized carbons (Fsp3) is 0.0526. The summed E-state index contributed by atoms with van der Waals surface area (Å²) in [6, 6.07) is 73.3. The van der Waals surface area contributed by atoms with Crippen LogP contribution in [0.4, 0.5) is 17.1 Å². The largest absolute Gasteiger partial charge is 0.456 e. The molecule has 0 saturated heterocycles. The quantitative estimate of drug-likeness (QED) is 0.163. The molecule has 0 bridgehead atoms. The van der Waals surface area contributed by atoms with Crippen molar-refractivity contribution in [1.82, 2.24) is 0 Å². The van der Waals surface area contributed by atoms with Gasteiger partial charge in [-0.3, -0.25) is 0 Å². The highest BCUT2D eigenvalue weighted by molar-refractivity contribution is 6.16. The molecule has 59 heavy (non-hydrogen) atoms. The number of anilines is 3. The second kappa shape index (κ2) is 12.8. The molecular weight excluding hydrogens is 715 g/mol. The summed E-state index contributed by atoms with van der Waals surface area (Å²) < 4.78 is 6.31. The highest BCUT2D eigenvalue weighted by Crippen LogP contribution is 2.55. The van der Waals surface area contributed by atoms with Gasteiger partial charge in [0.05, 0.1) is 11.4 Å². The highest BCUT2D eigenvalue weighted by atomic mass is 16.3. The summed E-state index contributed by atoms with van der Waals surface area (Å²) in [7, 11) is 0. The van der Waals surface area contributed by atoms with E-state index in [4.69, 9.17) is 4.42 Å². The first-order valence-corrected chi connectivity index (χ1v) is 20.5. The van der Waals surface area contributed by atoms with Crippen LogP contribution < -0.4 is 4.90 Å². The minimum Gasteiger partial charge on any atom is -0.456 e. The lowest BCUT2D eigenvalue weighted by Gasteiger charge is -2.33. The van der Waals surface area contributed by atoms with Gasteiger partial charge in [0.2, 0.25) is 0 Å². The van der Waals surface area contributed by atoms with E-state index in [0.29, 0.717) is 0 Å². The highest BCUT2D eigenvalue weighted by Gasteiger charge is 2.39. The molecule has 1 aliphatic carbocycles. The zero-order valence-corrected chi connectivity index (χ0v) is 32.9. The van der Waals surface area contributed by atoms with E-state index < -0.39 is 0 Å². The van der Waals surface area contributed by atoms with Crippen LogP contribution in [0.2, 0.25) is 0 Å². The Morgan fingerprint density at radius 3 is 1.90 bits per heavy atom. The van der Waals surface area contributed by atoms with E-state index in [0.717, 1.165) is 27.6 Å². The van der Waals surface area contributed by atoms with Crippen LogP contribution in [0, 0.1) is 0 Å². The van der Waals surface area contributed by atoms with Crippen LogP contribution in [0.1, 0.15) is 25.0 Å². The molecule has 0 atom stereocenters. The van der Waals surface area contributed by atoms with E-state index in [1.54, 1.807) is 0 Å². The number of para-hydroxylation sites is 1. The molecule has 1 aliphatic rings. The average Bonchev–Trinajstić information content (AvgIpc) is 3.79. The third-order valence-electron chi connectivity index (χ3n) is 12.8. The average molecular weight is 754 g/mol. The molecule has 0 amide bonds. The van der Waals surface area contributed by atoms with Crippen molar-refractivity contribution < 1.29 is 4.42 Å². The predicted molar refractivity (Wildman–Crippen MR) is 249 cm³/mol. The monoisotopic (exact) mass is 753 g/mol. The van der Waals surface area contributed by atoms with Gasteiger partial charge in [0, 0.05) is 27.3 Å². The van der Waals surface area contributed by atoms with Gasteiger partial charge in [-0.25, -0.2) is 0 Å². The summed E-state index contributed by atoms with van der Waals surface area (Å²) in [6.07, 6.45) is 0. The molecule has 2 nitrogen and oxygen atoms in total. The fourth-order valence-electron chi connectivity index (χ4n) is 10.1. The molecule has 0 radical (unpaired) electrons. The van der Waals surface area contributed by atoms with Crippen molar-refractivity contribution in [2.24, 2.45) is 0 Å². The molecule has 0 spiro atoms. The minimum atomic E-state index is -0.191. The first kappa shape index (κ1) is 33.7. The van der Waals surface area contributed by atoms with Crippen molar-refractivity contribution >= 4 is 71.3 Å². The van der Waals surface area contributed by atoms with E-state index in [-0.39, 0.29) is 5.41 Å². The summed E-state index contributed by atoms with van der Waals surface area (Å²) in [5, 5.41) is 9.70. The van der Waals surface area contributed by atoms with E-state index in [1.165, 1.54) is 88.2 Å². The Kier molecular flexibility index (Phi) is 7.31. The van der Waals surface area contributed by atoms with Crippen LogP contribution >= 0.6 is 0 Å². The molecule has 11 aromatic rings. The van der Waals surface area contributed by atoms with Gasteiger partial charge in [-0.15, -0.1) is 0 Å². The van der Waals surface area contributed by atoms with Crippen molar-refractivity contribution in [2.75, 3.05) is 4.90 Å². The van der Waals surface area contributed by atoms with Gasteiger partial charge >= 0.3 is 0 Å². The molecule has 0 aliphatic heterocycles. The zero-order chi connectivity index (χ0) is 39.2. The molecule has 2 heteroatoms. The molecule has 0 fully saturated rings. The van der Waals surface area contributed by atoms with Crippen LogP contribution in [-0.2, 0) is 5.41 Å². The lowest BCUT2D eigenvalue weighted by atomic mass is 9.81. The molecule has 12 rings (SSSR count). The number of fused-ring (bicyclic) bond motifs is 10. The van der Waals surface area contributed by atoms with Gasteiger partial charge in [-0.2, -0.15) is 0 Å². The second-order valence-corrected chi connectivity index (χ2v) is 16.4. The van der Waals surface area contributed by atoms with Crippen molar-refractivity contribution in [1.29, 1.82) is 0 Å². The van der Waals surface area contributed by atoms with Gasteiger partial charge in [-0.05, 0) is 114 Å². The summed E-state index contributed by atoms with van der Waals surface area (Å²) in [6.45, 7) is 4.76. The lowest BCUT2D eigenvalue weighted by molar-refractivity contribution is 0.661. The zero-order valence-electron chi connectivity index (χ0n) is 32.9. The Morgan fingerprint density at radius 2 is 1.02 bits per heavy atom. The molecule has 10 aromatic carbocycles. The SMILES string of the molecule is CC1(C)c2ccccc2-c2cccc(N(c3ccc(-c4ccc5cccc(-c6cccc7oc8ccccc8c67)c5c4)cc3)c3cc4ccccc4c4ccccc34)c21. The van der Waals surface area contributed by atoms with Gasteiger partial charge in [0.1, 0.15) is 11.2 Å². The van der Waals surface area contributed by atoms with Crippen molar-refractivity contribution in [3.8, 4) is 33.4 Å². The number of hydrogen-bond acceptors (Lipinski definition) is 2. The maximum Gasteiger partial charge on any atom is 0.136 e. The number of hydrogen-bond donors (Lipinski definition) is 0. The van der Waals surface area contributed by atoms with Crippen LogP contribution in [0.5, 0.6) is 0 Å². The first-order chi connectivity index (χ1) is 29.0. The maximum atomic E-state index is 6.31. The normalized spacial score (nSPS) is 13.1. The lowest BCUT2D eigenvalue weighted by Crippen LogP contribution is -2.20. The molecule has 0 unspecified atom stereocenters. The Balaban J connectivity index is 1.04. The second-order valence-electron chi connectivity index (χ2n) is 16.4. The fourth-order valence-corrected chi connectivity index (χ4v) is 10.1. The number of benzene rings is 10. The van der Waals surface area contributed by atoms with E-state index in [9.17, 15) is 0 Å². The van der Waals surface area contributed by atoms with Crippen LogP contribution in [0.25, 0.3) is 87.6 Å². The molecule has 1 aromatic heterocycles. The van der Waals surface area contributed by atoms with Crippen LogP contribution in [0.3, 0.4) is 0 Å². The molecule has 278 valence electrons. The van der Waals surface area contributed by atoms with Gasteiger partial charge in [0.15, 0.2) is 0 Å². The van der Waals surface area contributed by atoms with Crippen molar-refractivity contribution in [3.05, 3.63) is 211 Å². The Hall–Kier alpha value is -7.42. The van der Waals surface area contributed by atoms with Gasteiger partial charge in [-0.1, -0.05) is 172 Å². The topological polar surface area (TPSA) is 16.4 Å². The number of furan rings is 1. The van der Waals surface area contributed by atoms with Crippen molar-refractivity contribution in [2.45, 2.75) is 19.3 Å². The Bertz CT molecular complexity index is 3480. The predicted octanol–water partition coefficient (Wildman–Crippen LogP) is 16.2. The van der Waals surface area contributed by atoms with Crippen LogP contribution in [0.15, 0.2) is 205 Å². The molecule has 1 heterocycles. The summed E-state index contributed by atoms with van der Waals surface area (Å²) in [5.74, 6) is 0. The Labute approximate surface area is 343 Å². The third-order valence-corrected chi connectivity index (χ3v) is 12.8. The third kappa shape index (κ3) is 5.06. The van der Waals surface area contributed by atoms with E-state index in [2.05, 4.69) is 213 Å². The smallest absolute Gasteiger partial charge is 0.136 e. The minimum absolute atomic E-state index is 0.191. The number of rotatable bonds is 5. The summed E-state index contributed by atoms with van der Waals surface area (Å²) >= 11 is 0. The van der Waals surface area contributed by atoms with Crippen molar-refractivity contribution in [3.63, 3.8) is 0 Å². The number of nitrogens with zero attached hydrogens (tertiary/aromatic N) is 1. The molecule has 0 saturated carbocycles. The maximum absolute atomic E-state index is 6.31. The van der Waals surface area contributed by atoms with Gasteiger partial charge < -0.3 is 9.32 Å². The molecular formula is C57H39NO. The van der Waals surface area contributed by atoms with Gasteiger partial charge in [0.25, 0.3) is 0 Å². The Morgan fingerprint density at radius 1 is 0.390 bits per heavy atom. The van der Waals surface area contributed by atoms with E-state index in [1.807, 2.05) is 6.07 Å². The van der Waals surface area contributed by atoms with E-state index >= 15 is 0 Å². The first-order valence-electron chi connectivity index (χ1n) is 20.5.